The molecule has 1 aromatic heterocycles. The molecule has 0 atom stereocenters. The Morgan fingerprint density at radius 3 is 2.59 bits per heavy atom. The molecule has 2 fully saturated rings. The number of anilines is 2. The monoisotopic (exact) mass is 432 g/mol. The molecule has 0 radical (unpaired) electrons. The van der Waals surface area contributed by atoms with E-state index in [1.165, 1.54) is 11.3 Å². The van der Waals surface area contributed by atoms with Gasteiger partial charge in [0.05, 0.1) is 22.8 Å². The molecule has 0 unspecified atom stereocenters. The second kappa shape index (κ2) is 9.13. The van der Waals surface area contributed by atoms with Gasteiger partial charge in [-0.05, 0) is 25.0 Å². The van der Waals surface area contributed by atoms with E-state index in [9.17, 15) is 9.59 Å². The number of benzene rings is 1. The van der Waals surface area contributed by atoms with Crippen molar-refractivity contribution in [3.05, 3.63) is 40.4 Å². The van der Waals surface area contributed by atoms with E-state index in [4.69, 9.17) is 11.6 Å². The first kappa shape index (κ1) is 20.2. The zero-order valence-electron chi connectivity index (χ0n) is 16.3. The number of rotatable bonds is 5. The highest BCUT2D eigenvalue weighted by atomic mass is 35.5. The maximum Gasteiger partial charge on any atom is 0.229 e. The lowest BCUT2D eigenvalue weighted by Crippen LogP contribution is -2.49. The van der Waals surface area contributed by atoms with Crippen molar-refractivity contribution < 1.29 is 9.59 Å². The number of para-hydroxylation sites is 1. The molecule has 2 aromatic rings. The van der Waals surface area contributed by atoms with E-state index in [0.717, 1.165) is 55.2 Å². The van der Waals surface area contributed by atoms with Crippen molar-refractivity contribution in [1.29, 1.82) is 0 Å². The summed E-state index contributed by atoms with van der Waals surface area (Å²) in [4.78, 5) is 33.4. The number of aromatic nitrogens is 1. The third kappa shape index (κ3) is 4.90. The lowest BCUT2D eigenvalue weighted by atomic mass is 10.1. The molecule has 29 heavy (non-hydrogen) atoms. The van der Waals surface area contributed by atoms with Gasteiger partial charge in [0.25, 0.3) is 0 Å². The van der Waals surface area contributed by atoms with Crippen molar-refractivity contribution in [2.24, 2.45) is 5.92 Å². The van der Waals surface area contributed by atoms with E-state index in [0.29, 0.717) is 18.2 Å². The van der Waals surface area contributed by atoms with Gasteiger partial charge in [-0.3, -0.25) is 9.59 Å². The number of carbonyl (C=O) groups is 2. The number of thiazole rings is 1. The molecule has 1 N–H and O–H groups in total. The smallest absolute Gasteiger partial charge is 0.229 e. The van der Waals surface area contributed by atoms with Crippen molar-refractivity contribution >= 4 is 45.6 Å². The van der Waals surface area contributed by atoms with Crippen LogP contribution >= 0.6 is 22.9 Å². The molecule has 8 heteroatoms. The highest BCUT2D eigenvalue weighted by Crippen LogP contribution is 2.28. The highest BCUT2D eigenvalue weighted by molar-refractivity contribution is 7.13. The van der Waals surface area contributed by atoms with E-state index in [2.05, 4.69) is 15.2 Å². The Labute approximate surface area is 179 Å². The summed E-state index contributed by atoms with van der Waals surface area (Å²) in [6.45, 7) is 2.85. The van der Waals surface area contributed by atoms with Gasteiger partial charge in [0.15, 0.2) is 5.13 Å². The van der Waals surface area contributed by atoms with Crippen LogP contribution in [0.5, 0.6) is 0 Å². The first-order valence-corrected chi connectivity index (χ1v) is 11.4. The van der Waals surface area contributed by atoms with Crippen LogP contribution in [0.25, 0.3) is 0 Å². The standard InChI is InChI=1S/C21H25ClN4O2S/c22-17-7-3-4-8-18(17)25-9-11-26(12-10-25)19(27)13-16-14-29-21(23-16)24-20(28)15-5-1-2-6-15/h3-4,7-8,14-15H,1-2,5-6,9-13H2,(H,23,24,28). The minimum absolute atomic E-state index is 0.0606. The van der Waals surface area contributed by atoms with E-state index >= 15 is 0 Å². The van der Waals surface area contributed by atoms with Gasteiger partial charge in [-0.25, -0.2) is 4.98 Å². The minimum Gasteiger partial charge on any atom is -0.367 e. The zero-order valence-corrected chi connectivity index (χ0v) is 17.8. The van der Waals surface area contributed by atoms with Gasteiger partial charge in [-0.15, -0.1) is 11.3 Å². The van der Waals surface area contributed by atoms with Gasteiger partial charge in [0, 0.05) is 37.5 Å². The summed E-state index contributed by atoms with van der Waals surface area (Å²) >= 11 is 7.67. The van der Waals surface area contributed by atoms with Crippen LogP contribution in [-0.2, 0) is 16.0 Å². The summed E-state index contributed by atoms with van der Waals surface area (Å²) in [5, 5.41) is 6.10. The van der Waals surface area contributed by atoms with E-state index in [1.807, 2.05) is 34.5 Å². The lowest BCUT2D eigenvalue weighted by molar-refractivity contribution is -0.130. The molecule has 4 rings (SSSR count). The molecule has 0 bridgehead atoms. The van der Waals surface area contributed by atoms with Crippen LogP contribution in [-0.4, -0.2) is 47.9 Å². The fourth-order valence-electron chi connectivity index (χ4n) is 4.01. The van der Waals surface area contributed by atoms with Gasteiger partial charge >= 0.3 is 0 Å². The average Bonchev–Trinajstić information content (AvgIpc) is 3.41. The number of nitrogens with zero attached hydrogens (tertiary/aromatic N) is 3. The largest absolute Gasteiger partial charge is 0.367 e. The molecular formula is C21H25ClN4O2S. The van der Waals surface area contributed by atoms with Crippen LogP contribution in [0.1, 0.15) is 31.4 Å². The summed E-state index contributed by atoms with van der Waals surface area (Å²) in [6, 6.07) is 7.80. The number of halogens is 1. The van der Waals surface area contributed by atoms with Gasteiger partial charge in [0.2, 0.25) is 11.8 Å². The number of nitrogens with one attached hydrogen (secondary N) is 1. The number of amides is 2. The number of hydrogen-bond acceptors (Lipinski definition) is 5. The van der Waals surface area contributed by atoms with Crippen molar-refractivity contribution in [3.8, 4) is 0 Å². The van der Waals surface area contributed by atoms with Gasteiger partial charge < -0.3 is 15.1 Å². The number of carbonyl (C=O) groups excluding carboxylic acids is 2. The first-order chi connectivity index (χ1) is 14.1. The SMILES string of the molecule is O=C(Nc1nc(CC(=O)N2CCN(c3ccccc3Cl)CC2)cs1)C1CCCC1. The fraction of sp³-hybridized carbons (Fsp3) is 0.476. The Balaban J connectivity index is 1.27. The fourth-order valence-corrected chi connectivity index (χ4v) is 4.98. The molecule has 1 aliphatic carbocycles. The predicted molar refractivity (Wildman–Crippen MR) is 117 cm³/mol. The molecule has 6 nitrogen and oxygen atoms in total. The predicted octanol–water partition coefficient (Wildman–Crippen LogP) is 3.82. The van der Waals surface area contributed by atoms with Gasteiger partial charge in [0.1, 0.15) is 0 Å². The third-order valence-electron chi connectivity index (χ3n) is 5.67. The normalized spacial score (nSPS) is 17.6. The third-order valence-corrected chi connectivity index (χ3v) is 6.79. The summed E-state index contributed by atoms with van der Waals surface area (Å²) in [7, 11) is 0. The second-order valence-corrected chi connectivity index (χ2v) is 8.88. The average molecular weight is 433 g/mol. The zero-order chi connectivity index (χ0) is 20.2. The Hall–Kier alpha value is -2.12. The van der Waals surface area contributed by atoms with Crippen LogP contribution in [0.4, 0.5) is 10.8 Å². The Kier molecular flexibility index (Phi) is 6.35. The highest BCUT2D eigenvalue weighted by Gasteiger charge is 2.25. The Bertz CT molecular complexity index is 873. The van der Waals surface area contributed by atoms with Crippen LogP contribution in [0, 0.1) is 5.92 Å². The van der Waals surface area contributed by atoms with Gasteiger partial charge in [-0.1, -0.05) is 36.6 Å². The van der Waals surface area contributed by atoms with E-state index in [-0.39, 0.29) is 24.2 Å². The molecular weight excluding hydrogens is 408 g/mol. The van der Waals surface area contributed by atoms with E-state index < -0.39 is 0 Å². The molecule has 1 aliphatic heterocycles. The van der Waals surface area contributed by atoms with Crippen molar-refractivity contribution in [3.63, 3.8) is 0 Å². The molecule has 1 saturated heterocycles. The summed E-state index contributed by atoms with van der Waals surface area (Å²) < 4.78 is 0. The molecule has 1 saturated carbocycles. The van der Waals surface area contributed by atoms with Crippen LogP contribution in [0.15, 0.2) is 29.6 Å². The number of hydrogen-bond donors (Lipinski definition) is 1. The molecule has 2 heterocycles. The van der Waals surface area contributed by atoms with Crippen molar-refractivity contribution in [2.45, 2.75) is 32.1 Å². The Morgan fingerprint density at radius 2 is 1.86 bits per heavy atom. The molecule has 154 valence electrons. The summed E-state index contributed by atoms with van der Waals surface area (Å²) in [5.41, 5.74) is 1.73. The van der Waals surface area contributed by atoms with Gasteiger partial charge in [-0.2, -0.15) is 0 Å². The van der Waals surface area contributed by atoms with E-state index in [1.54, 1.807) is 0 Å². The molecule has 2 amide bonds. The topological polar surface area (TPSA) is 65.5 Å². The van der Waals surface area contributed by atoms with Crippen LogP contribution in [0.2, 0.25) is 5.02 Å². The van der Waals surface area contributed by atoms with Crippen molar-refractivity contribution in [1.82, 2.24) is 9.88 Å². The molecule has 2 aliphatic rings. The quantitative estimate of drug-likeness (QED) is 0.780. The molecule has 1 aromatic carbocycles. The maximum absolute atomic E-state index is 12.7. The number of piperazine rings is 1. The van der Waals surface area contributed by atoms with Crippen LogP contribution in [0.3, 0.4) is 0 Å². The van der Waals surface area contributed by atoms with Crippen molar-refractivity contribution in [2.75, 3.05) is 36.4 Å². The minimum atomic E-state index is 0.0606. The maximum atomic E-state index is 12.7. The Morgan fingerprint density at radius 1 is 1.14 bits per heavy atom. The van der Waals surface area contributed by atoms with Crippen LogP contribution < -0.4 is 10.2 Å². The lowest BCUT2D eigenvalue weighted by Gasteiger charge is -2.36. The first-order valence-electron chi connectivity index (χ1n) is 10.1. The summed E-state index contributed by atoms with van der Waals surface area (Å²) in [5.74, 6) is 0.242. The second-order valence-electron chi connectivity index (χ2n) is 7.61. The molecule has 0 spiro atoms. The summed E-state index contributed by atoms with van der Waals surface area (Å²) in [6.07, 6.45) is 4.44.